The molecule has 0 saturated heterocycles. The zero-order valence-electron chi connectivity index (χ0n) is 10.6. The molecule has 0 aliphatic rings. The summed E-state index contributed by atoms with van der Waals surface area (Å²) in [6.07, 6.45) is 2.52. The van der Waals surface area contributed by atoms with Gasteiger partial charge in [-0.05, 0) is 41.8 Å². The van der Waals surface area contributed by atoms with Crippen molar-refractivity contribution in [2.45, 2.75) is 53.1 Å². The second-order valence-corrected chi connectivity index (χ2v) is 6.56. The van der Waals surface area contributed by atoms with E-state index in [2.05, 4.69) is 55.0 Å². The zero-order valence-corrected chi connectivity index (χ0v) is 13.0. The van der Waals surface area contributed by atoms with Crippen molar-refractivity contribution < 1.29 is 0 Å². The SMILES string of the molecule is CCC(CC)C(C)NCc1cc(Br)c(C)s1. The summed E-state index contributed by atoms with van der Waals surface area (Å²) in [6.45, 7) is 10.0. The minimum Gasteiger partial charge on any atom is -0.309 e. The molecule has 0 fully saturated rings. The van der Waals surface area contributed by atoms with Crippen LogP contribution in [0.1, 0.15) is 43.4 Å². The summed E-state index contributed by atoms with van der Waals surface area (Å²) in [6, 6.07) is 2.84. The molecular weight excluding hydrogens is 282 g/mol. The highest BCUT2D eigenvalue weighted by atomic mass is 79.9. The van der Waals surface area contributed by atoms with E-state index in [1.807, 2.05) is 11.3 Å². The van der Waals surface area contributed by atoms with Crippen LogP contribution in [0.4, 0.5) is 0 Å². The molecule has 1 heterocycles. The van der Waals surface area contributed by atoms with Crippen molar-refractivity contribution >= 4 is 27.3 Å². The lowest BCUT2D eigenvalue weighted by Gasteiger charge is -2.22. The molecule has 1 atom stereocenters. The minimum atomic E-state index is 0.608. The van der Waals surface area contributed by atoms with Crippen LogP contribution in [-0.4, -0.2) is 6.04 Å². The van der Waals surface area contributed by atoms with E-state index < -0.39 is 0 Å². The quantitative estimate of drug-likeness (QED) is 0.801. The first kappa shape index (κ1) is 14.2. The van der Waals surface area contributed by atoms with Crippen molar-refractivity contribution in [1.82, 2.24) is 5.32 Å². The molecule has 1 rings (SSSR count). The van der Waals surface area contributed by atoms with Crippen molar-refractivity contribution in [3.05, 3.63) is 20.3 Å². The average Bonchev–Trinajstić information content (AvgIpc) is 2.57. The summed E-state index contributed by atoms with van der Waals surface area (Å²) in [4.78, 5) is 2.79. The van der Waals surface area contributed by atoms with Gasteiger partial charge in [-0.1, -0.05) is 26.7 Å². The Morgan fingerprint density at radius 1 is 1.38 bits per heavy atom. The number of aryl methyl sites for hydroxylation is 1. The molecule has 1 N–H and O–H groups in total. The van der Waals surface area contributed by atoms with E-state index in [4.69, 9.17) is 0 Å². The molecule has 16 heavy (non-hydrogen) atoms. The van der Waals surface area contributed by atoms with Gasteiger partial charge in [0.2, 0.25) is 0 Å². The van der Waals surface area contributed by atoms with Crippen molar-refractivity contribution in [1.29, 1.82) is 0 Å². The zero-order chi connectivity index (χ0) is 12.1. The third-order valence-electron chi connectivity index (χ3n) is 3.26. The number of hydrogen-bond donors (Lipinski definition) is 1. The number of nitrogens with one attached hydrogen (secondary N) is 1. The monoisotopic (exact) mass is 303 g/mol. The Bertz CT molecular complexity index is 298. The van der Waals surface area contributed by atoms with Crippen LogP contribution in [-0.2, 0) is 6.54 Å². The van der Waals surface area contributed by atoms with Crippen LogP contribution in [0.25, 0.3) is 0 Å². The van der Waals surface area contributed by atoms with Gasteiger partial charge in [-0.15, -0.1) is 11.3 Å². The Hall–Kier alpha value is 0.140. The Morgan fingerprint density at radius 3 is 2.44 bits per heavy atom. The van der Waals surface area contributed by atoms with Crippen LogP contribution in [0.15, 0.2) is 10.5 Å². The highest BCUT2D eigenvalue weighted by Crippen LogP contribution is 2.26. The molecule has 0 amide bonds. The second-order valence-electron chi connectivity index (χ2n) is 4.36. The Kier molecular flexibility index (Phi) is 6.01. The maximum absolute atomic E-state index is 3.63. The van der Waals surface area contributed by atoms with Gasteiger partial charge in [-0.25, -0.2) is 0 Å². The van der Waals surface area contributed by atoms with E-state index in [0.29, 0.717) is 6.04 Å². The number of hydrogen-bond acceptors (Lipinski definition) is 2. The van der Waals surface area contributed by atoms with Crippen LogP contribution in [0, 0.1) is 12.8 Å². The van der Waals surface area contributed by atoms with Crippen LogP contribution in [0.2, 0.25) is 0 Å². The van der Waals surface area contributed by atoms with Crippen molar-refractivity contribution in [3.63, 3.8) is 0 Å². The van der Waals surface area contributed by atoms with E-state index in [1.54, 1.807) is 0 Å². The number of rotatable bonds is 6. The van der Waals surface area contributed by atoms with Gasteiger partial charge < -0.3 is 5.32 Å². The summed E-state index contributed by atoms with van der Waals surface area (Å²) in [7, 11) is 0. The molecule has 1 nitrogen and oxygen atoms in total. The van der Waals surface area contributed by atoms with Gasteiger partial charge >= 0.3 is 0 Å². The highest BCUT2D eigenvalue weighted by Gasteiger charge is 2.13. The van der Waals surface area contributed by atoms with E-state index >= 15 is 0 Å². The fourth-order valence-electron chi connectivity index (χ4n) is 2.03. The van der Waals surface area contributed by atoms with Gasteiger partial charge in [0.25, 0.3) is 0 Å². The van der Waals surface area contributed by atoms with Gasteiger partial charge in [0.05, 0.1) is 0 Å². The van der Waals surface area contributed by atoms with Gasteiger partial charge in [-0.2, -0.15) is 0 Å². The van der Waals surface area contributed by atoms with Crippen molar-refractivity contribution in [2.24, 2.45) is 5.92 Å². The third-order valence-corrected chi connectivity index (χ3v) is 5.40. The minimum absolute atomic E-state index is 0.608. The molecule has 1 aromatic rings. The highest BCUT2D eigenvalue weighted by molar-refractivity contribution is 9.10. The van der Waals surface area contributed by atoms with Crippen molar-refractivity contribution in [3.8, 4) is 0 Å². The van der Waals surface area contributed by atoms with Gasteiger partial charge in [0, 0.05) is 26.8 Å². The first-order valence-corrected chi connectivity index (χ1v) is 7.67. The summed E-state index contributed by atoms with van der Waals surface area (Å²) in [5.74, 6) is 0.796. The smallest absolute Gasteiger partial charge is 0.0314 e. The molecule has 1 unspecified atom stereocenters. The predicted octanol–water partition coefficient (Wildman–Crippen LogP) is 4.73. The molecular formula is C13H22BrNS. The molecule has 0 bridgehead atoms. The Morgan fingerprint density at radius 2 is 2.00 bits per heavy atom. The molecule has 3 heteroatoms. The lowest BCUT2D eigenvalue weighted by atomic mass is 9.95. The van der Waals surface area contributed by atoms with Crippen LogP contribution in [0.5, 0.6) is 0 Å². The molecule has 92 valence electrons. The fraction of sp³-hybridized carbons (Fsp3) is 0.692. The molecule has 1 aromatic heterocycles. The lowest BCUT2D eigenvalue weighted by Crippen LogP contribution is -2.32. The maximum Gasteiger partial charge on any atom is 0.0314 e. The molecule has 0 aromatic carbocycles. The van der Waals surface area contributed by atoms with E-state index in [9.17, 15) is 0 Å². The average molecular weight is 304 g/mol. The molecule has 0 aliphatic carbocycles. The standard InChI is InChI=1S/C13H22BrNS/c1-5-11(6-2)9(3)15-8-12-7-13(14)10(4)16-12/h7,9,11,15H,5-6,8H2,1-4H3. The molecule has 0 radical (unpaired) electrons. The van der Waals surface area contributed by atoms with Crippen LogP contribution in [0.3, 0.4) is 0 Å². The predicted molar refractivity (Wildman–Crippen MR) is 77.1 cm³/mol. The first-order chi connectivity index (χ1) is 7.58. The summed E-state index contributed by atoms with van der Waals surface area (Å²) < 4.78 is 1.24. The Labute approximate surface area is 112 Å². The normalized spacial score (nSPS) is 13.4. The second kappa shape index (κ2) is 6.77. The van der Waals surface area contributed by atoms with Gasteiger partial charge in [-0.3, -0.25) is 0 Å². The van der Waals surface area contributed by atoms with E-state index in [-0.39, 0.29) is 0 Å². The van der Waals surface area contributed by atoms with Crippen molar-refractivity contribution in [2.75, 3.05) is 0 Å². The molecule has 0 saturated carbocycles. The summed E-state index contributed by atoms with van der Waals surface area (Å²) >= 11 is 5.44. The van der Waals surface area contributed by atoms with E-state index in [0.717, 1.165) is 12.5 Å². The molecule has 0 spiro atoms. The third kappa shape index (κ3) is 3.86. The summed E-state index contributed by atoms with van der Waals surface area (Å²) in [5, 5.41) is 3.63. The first-order valence-electron chi connectivity index (χ1n) is 6.06. The Balaban J connectivity index is 2.45. The number of halogens is 1. The molecule has 0 aliphatic heterocycles. The largest absolute Gasteiger partial charge is 0.309 e. The summed E-state index contributed by atoms with van der Waals surface area (Å²) in [5.41, 5.74) is 0. The number of thiophene rings is 1. The lowest BCUT2D eigenvalue weighted by molar-refractivity contribution is 0.354. The van der Waals surface area contributed by atoms with Crippen LogP contribution >= 0.6 is 27.3 Å². The van der Waals surface area contributed by atoms with Gasteiger partial charge in [0.15, 0.2) is 0 Å². The van der Waals surface area contributed by atoms with Gasteiger partial charge in [0.1, 0.15) is 0 Å². The van der Waals surface area contributed by atoms with E-state index in [1.165, 1.54) is 27.1 Å². The maximum atomic E-state index is 3.63. The fourth-order valence-corrected chi connectivity index (χ4v) is 3.58. The van der Waals surface area contributed by atoms with Crippen LogP contribution < -0.4 is 5.32 Å². The topological polar surface area (TPSA) is 12.0 Å².